The Labute approximate surface area is 108 Å². The molecule has 3 nitrogen and oxygen atoms in total. The van der Waals surface area contributed by atoms with Gasteiger partial charge in [0.25, 0.3) is 0 Å². The zero-order valence-electron chi connectivity index (χ0n) is 9.98. The lowest BCUT2D eigenvalue weighted by Crippen LogP contribution is -2.26. The summed E-state index contributed by atoms with van der Waals surface area (Å²) in [4.78, 5) is 2.42. The third-order valence-electron chi connectivity index (χ3n) is 3.11. The molecule has 1 aliphatic heterocycles. The van der Waals surface area contributed by atoms with Crippen LogP contribution in [0.15, 0.2) is 24.3 Å². The van der Waals surface area contributed by atoms with Crippen LogP contribution < -0.4 is 16.0 Å². The summed E-state index contributed by atoms with van der Waals surface area (Å²) in [6, 6.07) is 8.22. The zero-order chi connectivity index (χ0) is 12.1. The summed E-state index contributed by atoms with van der Waals surface area (Å²) in [6.07, 6.45) is 5.20. The Bertz CT molecular complexity index is 384. The third-order valence-corrected chi connectivity index (χ3v) is 3.21. The van der Waals surface area contributed by atoms with Crippen LogP contribution in [0.4, 0.5) is 11.4 Å². The maximum atomic E-state index is 5.56. The number of anilines is 2. The Morgan fingerprint density at radius 2 is 1.76 bits per heavy atom. The smallest absolute Gasteiger partial charge is 0.168 e. The Balaban J connectivity index is 2.20. The first-order valence-corrected chi connectivity index (χ1v) is 6.58. The Hall–Kier alpha value is -1.29. The van der Waals surface area contributed by atoms with E-state index < -0.39 is 0 Å². The van der Waals surface area contributed by atoms with Gasteiger partial charge >= 0.3 is 0 Å². The fourth-order valence-corrected chi connectivity index (χ4v) is 2.41. The van der Waals surface area contributed by atoms with Crippen LogP contribution in [-0.4, -0.2) is 18.2 Å². The predicted octanol–water partition coefficient (Wildman–Crippen LogP) is 2.72. The molecule has 92 valence electrons. The minimum Gasteiger partial charge on any atom is -0.376 e. The van der Waals surface area contributed by atoms with Gasteiger partial charge in [-0.1, -0.05) is 25.0 Å². The third kappa shape index (κ3) is 3.33. The molecule has 0 spiro atoms. The van der Waals surface area contributed by atoms with E-state index in [9.17, 15) is 0 Å². The number of hydrogen-bond acceptors (Lipinski definition) is 2. The van der Waals surface area contributed by atoms with Crippen molar-refractivity contribution in [2.24, 2.45) is 5.73 Å². The van der Waals surface area contributed by atoms with Gasteiger partial charge in [0.1, 0.15) is 0 Å². The SMILES string of the molecule is NC(=S)Nc1ccccc1N1CCCCCC1. The second kappa shape index (κ2) is 5.87. The van der Waals surface area contributed by atoms with E-state index in [1.807, 2.05) is 12.1 Å². The maximum absolute atomic E-state index is 5.56. The van der Waals surface area contributed by atoms with E-state index in [1.165, 1.54) is 31.4 Å². The molecular formula is C13H19N3S. The van der Waals surface area contributed by atoms with E-state index in [4.69, 9.17) is 18.0 Å². The molecule has 0 bridgehead atoms. The van der Waals surface area contributed by atoms with Crippen molar-refractivity contribution in [3.8, 4) is 0 Å². The lowest BCUT2D eigenvalue weighted by atomic mass is 10.2. The molecule has 4 heteroatoms. The number of benzene rings is 1. The van der Waals surface area contributed by atoms with Crippen molar-refractivity contribution in [1.82, 2.24) is 0 Å². The number of rotatable bonds is 2. The van der Waals surface area contributed by atoms with Gasteiger partial charge < -0.3 is 16.0 Å². The van der Waals surface area contributed by atoms with Gasteiger partial charge in [-0.3, -0.25) is 0 Å². The van der Waals surface area contributed by atoms with Crippen LogP contribution in [0.2, 0.25) is 0 Å². The first-order chi connectivity index (χ1) is 8.27. The van der Waals surface area contributed by atoms with Crippen molar-refractivity contribution in [2.45, 2.75) is 25.7 Å². The van der Waals surface area contributed by atoms with Crippen molar-refractivity contribution < 1.29 is 0 Å². The Kier molecular flexibility index (Phi) is 4.20. The highest BCUT2D eigenvalue weighted by molar-refractivity contribution is 7.80. The maximum Gasteiger partial charge on any atom is 0.168 e. The number of hydrogen-bond donors (Lipinski definition) is 2. The average molecular weight is 249 g/mol. The van der Waals surface area contributed by atoms with Gasteiger partial charge in [0.15, 0.2) is 5.11 Å². The summed E-state index contributed by atoms with van der Waals surface area (Å²) < 4.78 is 0. The first kappa shape index (κ1) is 12.2. The van der Waals surface area contributed by atoms with Crippen LogP contribution in [0.5, 0.6) is 0 Å². The van der Waals surface area contributed by atoms with Crippen molar-refractivity contribution in [3.63, 3.8) is 0 Å². The molecule has 1 aliphatic rings. The number of para-hydroxylation sites is 2. The van der Waals surface area contributed by atoms with Gasteiger partial charge in [0, 0.05) is 13.1 Å². The van der Waals surface area contributed by atoms with Crippen molar-refractivity contribution in [3.05, 3.63) is 24.3 Å². The molecule has 2 rings (SSSR count). The highest BCUT2D eigenvalue weighted by Crippen LogP contribution is 2.27. The molecule has 0 aromatic heterocycles. The van der Waals surface area contributed by atoms with Gasteiger partial charge in [0.2, 0.25) is 0 Å². The number of nitrogens with zero attached hydrogens (tertiary/aromatic N) is 1. The monoisotopic (exact) mass is 249 g/mol. The van der Waals surface area contributed by atoms with Gasteiger partial charge in [0.05, 0.1) is 11.4 Å². The number of thiocarbonyl (C=S) groups is 1. The average Bonchev–Trinajstić information content (AvgIpc) is 2.57. The summed E-state index contributed by atoms with van der Waals surface area (Å²) >= 11 is 4.91. The molecule has 3 N–H and O–H groups in total. The molecule has 0 unspecified atom stereocenters. The molecule has 1 heterocycles. The first-order valence-electron chi connectivity index (χ1n) is 6.18. The standard InChI is InChI=1S/C13H19N3S/c14-13(17)15-11-7-3-4-8-12(11)16-9-5-1-2-6-10-16/h3-4,7-8H,1-2,5-6,9-10H2,(H3,14,15,17). The molecule has 0 amide bonds. The highest BCUT2D eigenvalue weighted by Gasteiger charge is 2.13. The predicted molar refractivity (Wildman–Crippen MR) is 77.5 cm³/mol. The van der Waals surface area contributed by atoms with E-state index in [0.717, 1.165) is 18.8 Å². The topological polar surface area (TPSA) is 41.3 Å². The normalized spacial score (nSPS) is 16.4. The Morgan fingerprint density at radius 1 is 1.12 bits per heavy atom. The summed E-state index contributed by atoms with van der Waals surface area (Å²) in [7, 11) is 0. The van der Waals surface area contributed by atoms with E-state index in [-0.39, 0.29) is 0 Å². The molecule has 17 heavy (non-hydrogen) atoms. The van der Waals surface area contributed by atoms with Crippen molar-refractivity contribution >= 4 is 28.7 Å². The van der Waals surface area contributed by atoms with Gasteiger partial charge in [-0.2, -0.15) is 0 Å². The molecule has 1 aromatic rings. The summed E-state index contributed by atoms with van der Waals surface area (Å²) in [5.41, 5.74) is 7.78. The minimum atomic E-state index is 0.326. The van der Waals surface area contributed by atoms with Gasteiger partial charge in [-0.25, -0.2) is 0 Å². The largest absolute Gasteiger partial charge is 0.376 e. The molecule has 1 fully saturated rings. The van der Waals surface area contributed by atoms with Crippen LogP contribution in [0.3, 0.4) is 0 Å². The summed E-state index contributed by atoms with van der Waals surface area (Å²) in [5.74, 6) is 0. The quantitative estimate of drug-likeness (QED) is 0.791. The van der Waals surface area contributed by atoms with E-state index in [1.54, 1.807) is 0 Å². The highest BCUT2D eigenvalue weighted by atomic mass is 32.1. The molecule has 0 aliphatic carbocycles. The number of nitrogens with one attached hydrogen (secondary N) is 1. The zero-order valence-corrected chi connectivity index (χ0v) is 10.8. The molecule has 0 atom stereocenters. The van der Waals surface area contributed by atoms with Crippen LogP contribution in [-0.2, 0) is 0 Å². The molecular weight excluding hydrogens is 230 g/mol. The van der Waals surface area contributed by atoms with Crippen LogP contribution in [0, 0.1) is 0 Å². The fraction of sp³-hybridized carbons (Fsp3) is 0.462. The van der Waals surface area contributed by atoms with Gasteiger partial charge in [-0.15, -0.1) is 0 Å². The second-order valence-corrected chi connectivity index (χ2v) is 4.85. The van der Waals surface area contributed by atoms with Crippen molar-refractivity contribution in [2.75, 3.05) is 23.3 Å². The van der Waals surface area contributed by atoms with Crippen LogP contribution in [0.1, 0.15) is 25.7 Å². The minimum absolute atomic E-state index is 0.326. The lowest BCUT2D eigenvalue weighted by molar-refractivity contribution is 0.726. The molecule has 1 saturated heterocycles. The Morgan fingerprint density at radius 3 is 2.41 bits per heavy atom. The van der Waals surface area contributed by atoms with E-state index in [0.29, 0.717) is 5.11 Å². The van der Waals surface area contributed by atoms with Crippen LogP contribution in [0.25, 0.3) is 0 Å². The second-order valence-electron chi connectivity index (χ2n) is 4.41. The molecule has 1 aromatic carbocycles. The summed E-state index contributed by atoms with van der Waals surface area (Å²) in [5, 5.41) is 3.38. The summed E-state index contributed by atoms with van der Waals surface area (Å²) in [6.45, 7) is 2.24. The van der Waals surface area contributed by atoms with Crippen LogP contribution >= 0.6 is 12.2 Å². The van der Waals surface area contributed by atoms with E-state index in [2.05, 4.69) is 22.3 Å². The lowest BCUT2D eigenvalue weighted by Gasteiger charge is -2.25. The van der Waals surface area contributed by atoms with Crippen molar-refractivity contribution in [1.29, 1.82) is 0 Å². The number of nitrogens with two attached hydrogens (primary N) is 1. The molecule has 0 saturated carbocycles. The molecule has 0 radical (unpaired) electrons. The van der Waals surface area contributed by atoms with Gasteiger partial charge in [-0.05, 0) is 37.2 Å². The van der Waals surface area contributed by atoms with E-state index >= 15 is 0 Å². The fourth-order valence-electron chi connectivity index (χ4n) is 2.30.